The first-order chi connectivity index (χ1) is 6.67. The molecule has 0 bridgehead atoms. The number of carbonyl (C=O) groups is 3. The van der Waals surface area contributed by atoms with Crippen LogP contribution in [0.25, 0.3) is 0 Å². The van der Waals surface area contributed by atoms with Gasteiger partial charge in [-0.15, -0.1) is 0 Å². The number of hydrogen-bond acceptors (Lipinski definition) is 4. The number of imide groups is 1. The monoisotopic (exact) mass is 217 g/mol. The van der Waals surface area contributed by atoms with Crippen LogP contribution in [0.5, 0.6) is 0 Å². The normalized spacial score (nSPS) is 11.2. The van der Waals surface area contributed by atoms with Gasteiger partial charge in [0.2, 0.25) is 5.91 Å². The molecule has 0 fully saturated rings. The lowest BCUT2D eigenvalue weighted by molar-refractivity contribution is -0.149. The summed E-state index contributed by atoms with van der Waals surface area (Å²) in [4.78, 5) is 33.5. The second kappa shape index (κ2) is 4.74. The molecule has 0 aromatic carbocycles. The first-order valence-electron chi connectivity index (χ1n) is 4.22. The second-order valence-electron chi connectivity index (χ2n) is 3.63. The average Bonchev–Trinajstić information content (AvgIpc) is 2.01. The molecule has 7 heteroatoms. The number of nitrogens with one attached hydrogen (secondary N) is 1. The van der Waals surface area contributed by atoms with E-state index in [2.05, 4.69) is 0 Å². The number of likely N-dealkylation sites (N-methyl/N-ethyl adjacent to an activating group) is 1. The Morgan fingerprint density at radius 3 is 2.20 bits per heavy atom. The van der Waals surface area contributed by atoms with Crippen LogP contribution in [0, 0.1) is 0 Å². The van der Waals surface area contributed by atoms with Crippen LogP contribution in [0.1, 0.15) is 13.8 Å². The molecule has 4 N–H and O–H groups in total. The number of rotatable bonds is 4. The molecule has 0 aliphatic rings. The average molecular weight is 217 g/mol. The largest absolute Gasteiger partial charge is 0.480 e. The molecule has 0 saturated carbocycles. The van der Waals surface area contributed by atoms with Gasteiger partial charge >= 0.3 is 12.0 Å². The van der Waals surface area contributed by atoms with Crippen molar-refractivity contribution in [1.29, 1.82) is 0 Å². The number of carboxylic acids is 1. The lowest BCUT2D eigenvalue weighted by atomic mass is 10.0. The lowest BCUT2D eigenvalue weighted by Gasteiger charge is -2.30. The minimum atomic E-state index is -1.19. The fraction of sp³-hybridized carbons (Fsp3) is 0.625. The molecule has 0 aliphatic carbocycles. The van der Waals surface area contributed by atoms with E-state index in [1.807, 2.05) is 5.32 Å². The number of hydrogen-bond donors (Lipinski definition) is 3. The molecule has 15 heavy (non-hydrogen) atoms. The number of carboxylic acid groups (broad SMARTS) is 1. The third-order valence-corrected chi connectivity index (χ3v) is 2.12. The summed E-state index contributed by atoms with van der Waals surface area (Å²) in [6.45, 7) is 2.68. The molecule has 0 saturated heterocycles. The van der Waals surface area contributed by atoms with Crippen molar-refractivity contribution in [2.45, 2.75) is 19.4 Å². The highest BCUT2D eigenvalue weighted by molar-refractivity contribution is 5.94. The summed E-state index contributed by atoms with van der Waals surface area (Å²) in [7, 11) is 1.47. The van der Waals surface area contributed by atoms with E-state index in [4.69, 9.17) is 10.8 Å². The lowest BCUT2D eigenvalue weighted by Crippen LogP contribution is -2.52. The number of primary amides is 1. The van der Waals surface area contributed by atoms with Gasteiger partial charge < -0.3 is 10.8 Å². The van der Waals surface area contributed by atoms with Gasteiger partial charge in [-0.25, -0.2) is 4.79 Å². The van der Waals surface area contributed by atoms with Gasteiger partial charge in [-0.1, -0.05) is 0 Å². The first-order valence-corrected chi connectivity index (χ1v) is 4.22. The van der Waals surface area contributed by atoms with E-state index >= 15 is 0 Å². The Hall–Kier alpha value is -1.63. The summed E-state index contributed by atoms with van der Waals surface area (Å²) in [5.41, 5.74) is 3.55. The molecule has 0 rings (SSSR count). The quantitative estimate of drug-likeness (QED) is 0.557. The molecule has 0 unspecified atom stereocenters. The van der Waals surface area contributed by atoms with Crippen molar-refractivity contribution in [3.63, 3.8) is 0 Å². The summed E-state index contributed by atoms with van der Waals surface area (Å²) in [6, 6.07) is -0.957. The van der Waals surface area contributed by atoms with Gasteiger partial charge in [0.25, 0.3) is 0 Å². The molecular weight excluding hydrogens is 202 g/mol. The minimum Gasteiger partial charge on any atom is -0.480 e. The van der Waals surface area contributed by atoms with Crippen LogP contribution in [-0.2, 0) is 9.59 Å². The van der Waals surface area contributed by atoms with Crippen LogP contribution in [0.15, 0.2) is 0 Å². The Morgan fingerprint density at radius 2 is 1.87 bits per heavy atom. The number of urea groups is 1. The summed E-state index contributed by atoms with van der Waals surface area (Å²) < 4.78 is 0. The maximum Gasteiger partial charge on any atom is 0.323 e. The molecule has 0 aliphatic heterocycles. The van der Waals surface area contributed by atoms with E-state index in [9.17, 15) is 14.4 Å². The van der Waals surface area contributed by atoms with E-state index in [1.54, 1.807) is 0 Å². The Labute approximate surface area is 87.2 Å². The first kappa shape index (κ1) is 13.4. The molecule has 0 aromatic heterocycles. The third-order valence-electron chi connectivity index (χ3n) is 2.12. The van der Waals surface area contributed by atoms with Crippen molar-refractivity contribution in [2.24, 2.45) is 5.73 Å². The molecule has 0 spiro atoms. The Morgan fingerprint density at radius 1 is 1.40 bits per heavy atom. The number of nitrogens with zero attached hydrogens (tertiary/aromatic N) is 1. The van der Waals surface area contributed by atoms with Gasteiger partial charge in [-0.2, -0.15) is 0 Å². The standard InChI is InChI=1S/C8H15N3O4/c1-8(2,6(13)14)11(3)4-5(12)10-7(9)15/h4H2,1-3H3,(H,13,14)(H3,9,10,12,15). The van der Waals surface area contributed by atoms with Crippen molar-refractivity contribution in [3.05, 3.63) is 0 Å². The van der Waals surface area contributed by atoms with Crippen LogP contribution >= 0.6 is 0 Å². The van der Waals surface area contributed by atoms with Crippen molar-refractivity contribution < 1.29 is 19.5 Å². The van der Waals surface area contributed by atoms with Gasteiger partial charge in [-0.3, -0.25) is 19.8 Å². The Kier molecular flexibility index (Phi) is 4.22. The van der Waals surface area contributed by atoms with Crippen LogP contribution in [0.4, 0.5) is 4.79 Å². The second-order valence-corrected chi connectivity index (χ2v) is 3.63. The number of aliphatic carboxylic acids is 1. The van der Waals surface area contributed by atoms with E-state index in [-0.39, 0.29) is 6.54 Å². The molecule has 7 nitrogen and oxygen atoms in total. The molecular formula is C8H15N3O4. The predicted molar refractivity (Wildman–Crippen MR) is 52.1 cm³/mol. The fourth-order valence-electron chi connectivity index (χ4n) is 0.753. The Balaban J connectivity index is 4.36. The van der Waals surface area contributed by atoms with E-state index in [0.29, 0.717) is 0 Å². The van der Waals surface area contributed by atoms with Crippen molar-refractivity contribution in [3.8, 4) is 0 Å². The maximum atomic E-state index is 11.1. The van der Waals surface area contributed by atoms with Crippen LogP contribution in [0.3, 0.4) is 0 Å². The van der Waals surface area contributed by atoms with Gasteiger partial charge in [-0.05, 0) is 20.9 Å². The Bertz CT molecular complexity index is 288. The molecule has 0 heterocycles. The zero-order valence-electron chi connectivity index (χ0n) is 8.90. The van der Waals surface area contributed by atoms with Gasteiger partial charge in [0.05, 0.1) is 6.54 Å². The zero-order valence-corrected chi connectivity index (χ0v) is 8.90. The van der Waals surface area contributed by atoms with Crippen LogP contribution in [-0.4, -0.2) is 47.0 Å². The van der Waals surface area contributed by atoms with Crippen LogP contribution in [0.2, 0.25) is 0 Å². The van der Waals surface area contributed by atoms with E-state index in [1.165, 1.54) is 25.8 Å². The summed E-state index contributed by atoms with van der Waals surface area (Å²) in [5, 5.41) is 10.7. The molecule has 86 valence electrons. The SMILES string of the molecule is CN(CC(=O)NC(N)=O)C(C)(C)C(=O)O. The van der Waals surface area contributed by atoms with Crippen LogP contribution < -0.4 is 11.1 Å². The van der Waals surface area contributed by atoms with Crippen molar-refractivity contribution in [1.82, 2.24) is 10.2 Å². The molecule has 0 aromatic rings. The minimum absolute atomic E-state index is 0.220. The number of amides is 3. The molecule has 3 amide bonds. The fourth-order valence-corrected chi connectivity index (χ4v) is 0.753. The summed E-state index contributed by atoms with van der Waals surface area (Å²) in [5.74, 6) is -1.70. The van der Waals surface area contributed by atoms with Crippen molar-refractivity contribution >= 4 is 17.9 Å². The maximum absolute atomic E-state index is 11.1. The van der Waals surface area contributed by atoms with E-state index in [0.717, 1.165) is 0 Å². The van der Waals surface area contributed by atoms with Gasteiger partial charge in [0.1, 0.15) is 5.54 Å². The third kappa shape index (κ3) is 3.94. The van der Waals surface area contributed by atoms with Gasteiger partial charge in [0, 0.05) is 0 Å². The number of nitrogens with two attached hydrogens (primary N) is 1. The molecule has 0 radical (unpaired) electrons. The topological polar surface area (TPSA) is 113 Å². The highest BCUT2D eigenvalue weighted by Crippen LogP contribution is 2.11. The molecule has 0 atom stereocenters. The predicted octanol–water partition coefficient (Wildman–Crippen LogP) is -1.02. The zero-order chi connectivity index (χ0) is 12.2. The smallest absolute Gasteiger partial charge is 0.323 e. The summed E-state index contributed by atoms with van der Waals surface area (Å²) >= 11 is 0. The van der Waals surface area contributed by atoms with Gasteiger partial charge in [0.15, 0.2) is 0 Å². The highest BCUT2D eigenvalue weighted by atomic mass is 16.4. The van der Waals surface area contributed by atoms with Crippen molar-refractivity contribution in [2.75, 3.05) is 13.6 Å². The highest BCUT2D eigenvalue weighted by Gasteiger charge is 2.33. The summed E-state index contributed by atoms with van der Waals surface area (Å²) in [6.07, 6.45) is 0. The van der Waals surface area contributed by atoms with E-state index < -0.39 is 23.4 Å². The number of carbonyl (C=O) groups excluding carboxylic acids is 2.